The number of rotatable bonds is 9. The molecule has 4 nitrogen and oxygen atoms in total. The number of benzene rings is 2. The maximum absolute atomic E-state index is 13.1. The van der Waals surface area contributed by atoms with Crippen LogP contribution in [0.2, 0.25) is 10.0 Å². The van der Waals surface area contributed by atoms with Crippen LogP contribution >= 0.6 is 23.2 Å². The van der Waals surface area contributed by atoms with E-state index in [0.717, 1.165) is 17.5 Å². The molecule has 1 N–H and O–H groups in total. The second-order valence-corrected chi connectivity index (χ2v) is 8.08. The van der Waals surface area contributed by atoms with E-state index < -0.39 is 6.04 Å². The molecular weight excluding hydrogens is 407 g/mol. The van der Waals surface area contributed by atoms with Crippen LogP contribution in [0.15, 0.2) is 48.5 Å². The normalized spacial score (nSPS) is 12.9. The largest absolute Gasteiger partial charge is 0.352 e. The number of carbonyl (C=O) groups excluding carboxylic acids is 2. The number of carbonyl (C=O) groups is 2. The van der Waals surface area contributed by atoms with E-state index in [1.54, 1.807) is 24.0 Å². The molecule has 6 heteroatoms. The van der Waals surface area contributed by atoms with Crippen LogP contribution in [0.5, 0.6) is 0 Å². The molecule has 2 aromatic rings. The fourth-order valence-corrected chi connectivity index (χ4v) is 3.28. The van der Waals surface area contributed by atoms with E-state index >= 15 is 0 Å². The first-order valence-corrected chi connectivity index (χ1v) is 10.6. The van der Waals surface area contributed by atoms with Gasteiger partial charge in [-0.2, -0.15) is 0 Å². The molecule has 0 radical (unpaired) electrons. The van der Waals surface area contributed by atoms with E-state index in [4.69, 9.17) is 23.2 Å². The Bertz CT molecular complexity index is 824. The molecule has 2 aromatic carbocycles. The van der Waals surface area contributed by atoms with Gasteiger partial charge in [-0.3, -0.25) is 9.59 Å². The average molecular weight is 435 g/mol. The lowest BCUT2D eigenvalue weighted by atomic mass is 10.1. The lowest BCUT2D eigenvalue weighted by molar-refractivity contribution is -0.140. The maximum atomic E-state index is 13.1. The van der Waals surface area contributed by atoms with Crippen molar-refractivity contribution in [3.8, 4) is 0 Å². The molecule has 29 heavy (non-hydrogen) atoms. The van der Waals surface area contributed by atoms with Crippen LogP contribution in [0.1, 0.15) is 44.7 Å². The van der Waals surface area contributed by atoms with Crippen molar-refractivity contribution in [1.82, 2.24) is 10.2 Å². The minimum Gasteiger partial charge on any atom is -0.352 e. The van der Waals surface area contributed by atoms with Gasteiger partial charge in [0.2, 0.25) is 11.8 Å². The molecule has 2 atom stereocenters. The van der Waals surface area contributed by atoms with Crippen LogP contribution in [-0.2, 0) is 22.6 Å². The van der Waals surface area contributed by atoms with Gasteiger partial charge in [0, 0.05) is 29.1 Å². The molecular formula is C23H28Cl2N2O2. The Morgan fingerprint density at radius 3 is 2.31 bits per heavy atom. The highest BCUT2D eigenvalue weighted by Gasteiger charge is 2.26. The van der Waals surface area contributed by atoms with Gasteiger partial charge in [0.25, 0.3) is 0 Å². The van der Waals surface area contributed by atoms with Gasteiger partial charge in [-0.15, -0.1) is 0 Å². The Labute approximate surface area is 183 Å². The van der Waals surface area contributed by atoms with Crippen molar-refractivity contribution in [2.24, 2.45) is 0 Å². The molecule has 0 aliphatic heterocycles. The van der Waals surface area contributed by atoms with Gasteiger partial charge in [0.1, 0.15) is 6.04 Å². The van der Waals surface area contributed by atoms with Crippen molar-refractivity contribution in [3.05, 3.63) is 69.7 Å². The predicted octanol–water partition coefficient (Wildman–Crippen LogP) is 5.26. The second-order valence-electron chi connectivity index (χ2n) is 7.23. The molecule has 0 saturated carbocycles. The highest BCUT2D eigenvalue weighted by atomic mass is 35.5. The van der Waals surface area contributed by atoms with Crippen molar-refractivity contribution < 1.29 is 9.59 Å². The van der Waals surface area contributed by atoms with Crippen molar-refractivity contribution in [1.29, 1.82) is 0 Å². The lowest BCUT2D eigenvalue weighted by Gasteiger charge is -2.30. The molecule has 2 amide bonds. The third kappa shape index (κ3) is 7.06. The van der Waals surface area contributed by atoms with E-state index in [0.29, 0.717) is 23.0 Å². The molecule has 0 fully saturated rings. The summed E-state index contributed by atoms with van der Waals surface area (Å²) < 4.78 is 0. The third-order valence-corrected chi connectivity index (χ3v) is 5.62. The summed E-state index contributed by atoms with van der Waals surface area (Å²) in [7, 11) is 0. The van der Waals surface area contributed by atoms with Crippen LogP contribution in [-0.4, -0.2) is 28.8 Å². The van der Waals surface area contributed by atoms with Crippen LogP contribution in [0.3, 0.4) is 0 Å². The molecule has 156 valence electrons. The molecule has 0 bridgehead atoms. The van der Waals surface area contributed by atoms with E-state index in [1.807, 2.05) is 50.2 Å². The summed E-state index contributed by atoms with van der Waals surface area (Å²) in [6, 6.07) is 14.3. The molecule has 2 rings (SSSR count). The summed E-state index contributed by atoms with van der Waals surface area (Å²) in [6.07, 6.45) is 1.63. The summed E-state index contributed by atoms with van der Waals surface area (Å²) in [5.41, 5.74) is 1.84. The molecule has 0 aliphatic carbocycles. The van der Waals surface area contributed by atoms with Crippen molar-refractivity contribution >= 4 is 35.0 Å². The van der Waals surface area contributed by atoms with Crippen LogP contribution < -0.4 is 5.32 Å². The van der Waals surface area contributed by atoms with Gasteiger partial charge in [0.05, 0.1) is 0 Å². The van der Waals surface area contributed by atoms with Crippen LogP contribution in [0.4, 0.5) is 0 Å². The molecule has 0 saturated heterocycles. The highest BCUT2D eigenvalue weighted by Crippen LogP contribution is 2.19. The minimum absolute atomic E-state index is 0.0561. The van der Waals surface area contributed by atoms with E-state index in [1.165, 1.54) is 0 Å². The van der Waals surface area contributed by atoms with Gasteiger partial charge in [0.15, 0.2) is 0 Å². The van der Waals surface area contributed by atoms with Gasteiger partial charge >= 0.3 is 0 Å². The Hall–Kier alpha value is -2.04. The zero-order valence-electron chi connectivity index (χ0n) is 17.1. The van der Waals surface area contributed by atoms with Crippen molar-refractivity contribution in [2.45, 2.75) is 58.7 Å². The first kappa shape index (κ1) is 23.2. The Kier molecular flexibility index (Phi) is 8.99. The molecule has 0 aliphatic rings. The highest BCUT2D eigenvalue weighted by molar-refractivity contribution is 6.31. The first-order chi connectivity index (χ1) is 13.8. The predicted molar refractivity (Wildman–Crippen MR) is 119 cm³/mol. The van der Waals surface area contributed by atoms with E-state index in [-0.39, 0.29) is 24.3 Å². The molecule has 0 heterocycles. The number of nitrogens with zero attached hydrogens (tertiary/aromatic N) is 1. The summed E-state index contributed by atoms with van der Waals surface area (Å²) in [5, 5.41) is 4.25. The zero-order chi connectivity index (χ0) is 21.4. The Morgan fingerprint density at radius 2 is 1.69 bits per heavy atom. The zero-order valence-corrected chi connectivity index (χ0v) is 18.6. The van der Waals surface area contributed by atoms with E-state index in [9.17, 15) is 9.59 Å². The van der Waals surface area contributed by atoms with E-state index in [2.05, 4.69) is 5.32 Å². The smallest absolute Gasteiger partial charge is 0.242 e. The van der Waals surface area contributed by atoms with Crippen molar-refractivity contribution in [3.63, 3.8) is 0 Å². The topological polar surface area (TPSA) is 49.4 Å². The third-order valence-electron chi connectivity index (χ3n) is 5.00. The summed E-state index contributed by atoms with van der Waals surface area (Å²) in [5.74, 6) is -0.244. The van der Waals surface area contributed by atoms with Gasteiger partial charge in [-0.25, -0.2) is 0 Å². The summed E-state index contributed by atoms with van der Waals surface area (Å²) in [4.78, 5) is 27.4. The first-order valence-electron chi connectivity index (χ1n) is 9.89. The molecule has 0 aromatic heterocycles. The second kappa shape index (κ2) is 11.2. The van der Waals surface area contributed by atoms with Gasteiger partial charge in [-0.05, 0) is 56.0 Å². The number of hydrogen-bond acceptors (Lipinski definition) is 2. The summed E-state index contributed by atoms with van der Waals surface area (Å²) >= 11 is 12.2. The van der Waals surface area contributed by atoms with Gasteiger partial charge in [-0.1, -0.05) is 60.5 Å². The molecule has 2 unspecified atom stereocenters. The summed E-state index contributed by atoms with van der Waals surface area (Å²) in [6.45, 7) is 6.07. The number of nitrogens with one attached hydrogen (secondary N) is 1. The minimum atomic E-state index is -0.585. The average Bonchev–Trinajstić information content (AvgIpc) is 2.71. The van der Waals surface area contributed by atoms with Gasteiger partial charge < -0.3 is 10.2 Å². The fraction of sp³-hybridized carbons (Fsp3) is 0.391. The Balaban J connectivity index is 2.15. The number of hydrogen-bond donors (Lipinski definition) is 1. The van der Waals surface area contributed by atoms with Crippen LogP contribution in [0, 0.1) is 0 Å². The maximum Gasteiger partial charge on any atom is 0.242 e. The number of aryl methyl sites for hydroxylation is 1. The lowest BCUT2D eigenvalue weighted by Crippen LogP contribution is -2.49. The molecule has 0 spiro atoms. The standard InChI is InChI=1S/C23H28Cl2N2O2/c1-4-16(2)26-23(29)17(3)27(15-18-9-12-20(24)13-10-18)22(28)14-11-19-7-5-6-8-21(19)25/h5-10,12-13,16-17H,4,11,14-15H2,1-3H3,(H,26,29). The fourth-order valence-electron chi connectivity index (χ4n) is 2.92. The number of halogens is 2. The number of amides is 2. The SMILES string of the molecule is CCC(C)NC(=O)C(C)N(Cc1ccc(Cl)cc1)C(=O)CCc1ccccc1Cl. The monoisotopic (exact) mass is 434 g/mol. The van der Waals surface area contributed by atoms with Crippen LogP contribution in [0.25, 0.3) is 0 Å². The Morgan fingerprint density at radius 1 is 1.03 bits per heavy atom. The quantitative estimate of drug-likeness (QED) is 0.584. The van der Waals surface area contributed by atoms with Crippen molar-refractivity contribution in [2.75, 3.05) is 0 Å².